The molecule has 126 valence electrons. The van der Waals surface area contributed by atoms with Gasteiger partial charge in [0.05, 0.1) is 7.11 Å². The van der Waals surface area contributed by atoms with Crippen LogP contribution in [0.4, 0.5) is 0 Å². The van der Waals surface area contributed by atoms with E-state index in [0.717, 1.165) is 41.0 Å². The molecular formula is C20H23NO3. The molecule has 0 heterocycles. The third kappa shape index (κ3) is 4.96. The number of benzene rings is 2. The summed E-state index contributed by atoms with van der Waals surface area (Å²) in [7, 11) is 5.65. The topological polar surface area (TPSA) is 38.8 Å². The molecule has 2 aromatic carbocycles. The van der Waals surface area contributed by atoms with Gasteiger partial charge in [-0.3, -0.25) is 4.79 Å². The summed E-state index contributed by atoms with van der Waals surface area (Å²) in [6.07, 6.45) is 2.37. The molecule has 0 unspecified atom stereocenters. The van der Waals surface area contributed by atoms with E-state index in [2.05, 4.69) is 4.90 Å². The zero-order valence-corrected chi connectivity index (χ0v) is 14.4. The van der Waals surface area contributed by atoms with Crippen LogP contribution in [0.25, 0.3) is 5.57 Å². The molecule has 0 atom stereocenters. The van der Waals surface area contributed by atoms with Gasteiger partial charge in [0.2, 0.25) is 0 Å². The predicted molar refractivity (Wildman–Crippen MR) is 96.6 cm³/mol. The maximum Gasteiger partial charge on any atom is 0.143 e. The van der Waals surface area contributed by atoms with Gasteiger partial charge in [-0.05, 0) is 61.1 Å². The standard InChI is InChI=1S/C20H23NO3/c1-21(2)12-14-24-19-6-4-5-17(15-19)20(11-13-22)16-7-9-18(23-3)10-8-16/h4-11,13,15H,12,14H2,1-3H3. The Balaban J connectivity index is 2.24. The van der Waals surface area contributed by atoms with Crippen molar-refractivity contribution >= 4 is 11.9 Å². The lowest BCUT2D eigenvalue weighted by Gasteiger charge is -2.13. The highest BCUT2D eigenvalue weighted by Crippen LogP contribution is 2.27. The van der Waals surface area contributed by atoms with Gasteiger partial charge < -0.3 is 14.4 Å². The van der Waals surface area contributed by atoms with Crippen LogP contribution in [-0.4, -0.2) is 45.5 Å². The number of aldehydes is 1. The van der Waals surface area contributed by atoms with Crippen molar-refractivity contribution in [3.05, 3.63) is 65.7 Å². The summed E-state index contributed by atoms with van der Waals surface area (Å²) in [4.78, 5) is 13.1. The van der Waals surface area contributed by atoms with Crippen molar-refractivity contribution < 1.29 is 14.3 Å². The van der Waals surface area contributed by atoms with Gasteiger partial charge >= 0.3 is 0 Å². The maximum atomic E-state index is 11.1. The normalized spacial score (nSPS) is 11.4. The van der Waals surface area contributed by atoms with Crippen molar-refractivity contribution in [2.45, 2.75) is 0 Å². The quantitative estimate of drug-likeness (QED) is 0.551. The summed E-state index contributed by atoms with van der Waals surface area (Å²) >= 11 is 0. The Morgan fingerprint density at radius 1 is 1.04 bits per heavy atom. The highest BCUT2D eigenvalue weighted by atomic mass is 16.5. The van der Waals surface area contributed by atoms with Gasteiger partial charge in [-0.15, -0.1) is 0 Å². The molecule has 0 fully saturated rings. The van der Waals surface area contributed by atoms with Gasteiger partial charge in [-0.25, -0.2) is 0 Å². The molecule has 0 bridgehead atoms. The van der Waals surface area contributed by atoms with Crippen LogP contribution in [0.1, 0.15) is 11.1 Å². The zero-order valence-electron chi connectivity index (χ0n) is 14.4. The van der Waals surface area contributed by atoms with E-state index in [9.17, 15) is 4.79 Å². The van der Waals surface area contributed by atoms with Crippen LogP contribution < -0.4 is 9.47 Å². The third-order valence-corrected chi connectivity index (χ3v) is 3.59. The number of rotatable bonds is 8. The summed E-state index contributed by atoms with van der Waals surface area (Å²) in [5.74, 6) is 1.57. The van der Waals surface area contributed by atoms with Crippen LogP contribution in [0, 0.1) is 0 Å². The van der Waals surface area contributed by atoms with Crippen LogP contribution in [-0.2, 0) is 4.79 Å². The lowest BCUT2D eigenvalue weighted by Crippen LogP contribution is -2.19. The summed E-state index contributed by atoms with van der Waals surface area (Å²) in [6.45, 7) is 1.46. The number of methoxy groups -OCH3 is 1. The van der Waals surface area contributed by atoms with E-state index in [-0.39, 0.29) is 0 Å². The average molecular weight is 325 g/mol. The van der Waals surface area contributed by atoms with Crippen molar-refractivity contribution in [1.82, 2.24) is 4.90 Å². The first kappa shape index (κ1) is 17.8. The molecule has 0 saturated heterocycles. The fraction of sp³-hybridized carbons (Fsp3) is 0.250. The van der Waals surface area contributed by atoms with E-state index in [1.807, 2.05) is 62.6 Å². The molecule has 0 spiro atoms. The molecule has 0 aliphatic heterocycles. The van der Waals surface area contributed by atoms with Crippen LogP contribution >= 0.6 is 0 Å². The molecule has 0 aliphatic rings. The lowest BCUT2D eigenvalue weighted by molar-refractivity contribution is -0.104. The number of nitrogens with zero attached hydrogens (tertiary/aromatic N) is 1. The number of carbonyl (C=O) groups is 1. The van der Waals surface area contributed by atoms with Crippen LogP contribution in [0.3, 0.4) is 0 Å². The van der Waals surface area contributed by atoms with E-state index in [0.29, 0.717) is 6.61 Å². The number of likely N-dealkylation sites (N-methyl/N-ethyl adjacent to an activating group) is 1. The van der Waals surface area contributed by atoms with E-state index in [1.54, 1.807) is 13.2 Å². The number of carbonyl (C=O) groups excluding carboxylic acids is 1. The first-order chi connectivity index (χ1) is 11.6. The van der Waals surface area contributed by atoms with Gasteiger partial charge in [0.1, 0.15) is 24.4 Å². The number of ether oxygens (including phenoxy) is 2. The Kier molecular flexibility index (Phi) is 6.58. The molecule has 2 rings (SSSR count). The molecule has 0 aliphatic carbocycles. The summed E-state index contributed by atoms with van der Waals surface area (Å²) in [5, 5.41) is 0. The Morgan fingerprint density at radius 3 is 2.42 bits per heavy atom. The molecule has 2 aromatic rings. The Labute approximate surface area is 143 Å². The van der Waals surface area contributed by atoms with Crippen LogP contribution in [0.5, 0.6) is 11.5 Å². The molecule has 4 nitrogen and oxygen atoms in total. The van der Waals surface area contributed by atoms with E-state index < -0.39 is 0 Å². The first-order valence-corrected chi connectivity index (χ1v) is 7.82. The summed E-state index contributed by atoms with van der Waals surface area (Å²) in [6, 6.07) is 15.4. The fourth-order valence-electron chi connectivity index (χ4n) is 2.30. The van der Waals surface area contributed by atoms with Crippen LogP contribution in [0.15, 0.2) is 54.6 Å². The number of hydrogen-bond donors (Lipinski definition) is 0. The van der Waals surface area contributed by atoms with Crippen molar-refractivity contribution in [3.63, 3.8) is 0 Å². The molecule has 0 radical (unpaired) electrons. The Bertz CT molecular complexity index is 690. The largest absolute Gasteiger partial charge is 0.497 e. The SMILES string of the molecule is COc1ccc(C(=CC=O)c2cccc(OCCN(C)C)c2)cc1. The van der Waals surface area contributed by atoms with Crippen molar-refractivity contribution in [3.8, 4) is 11.5 Å². The second-order valence-corrected chi connectivity index (χ2v) is 5.62. The minimum atomic E-state index is 0.617. The highest BCUT2D eigenvalue weighted by molar-refractivity contribution is 5.90. The maximum absolute atomic E-state index is 11.1. The fourth-order valence-corrected chi connectivity index (χ4v) is 2.30. The molecular weight excluding hydrogens is 302 g/mol. The van der Waals surface area contributed by atoms with E-state index >= 15 is 0 Å². The van der Waals surface area contributed by atoms with Gasteiger partial charge in [0, 0.05) is 6.54 Å². The zero-order chi connectivity index (χ0) is 17.4. The van der Waals surface area contributed by atoms with Crippen molar-refractivity contribution in [2.75, 3.05) is 34.4 Å². The minimum Gasteiger partial charge on any atom is -0.497 e. The van der Waals surface area contributed by atoms with Crippen LogP contribution in [0.2, 0.25) is 0 Å². The van der Waals surface area contributed by atoms with Gasteiger partial charge in [0.25, 0.3) is 0 Å². The first-order valence-electron chi connectivity index (χ1n) is 7.82. The van der Waals surface area contributed by atoms with E-state index in [4.69, 9.17) is 9.47 Å². The number of allylic oxidation sites excluding steroid dienone is 1. The Hall–Kier alpha value is -2.59. The molecule has 0 N–H and O–H groups in total. The minimum absolute atomic E-state index is 0.617. The monoisotopic (exact) mass is 325 g/mol. The molecule has 4 heteroatoms. The summed E-state index contributed by atoms with van der Waals surface area (Å²) < 4.78 is 11.0. The second kappa shape index (κ2) is 8.89. The smallest absolute Gasteiger partial charge is 0.143 e. The Morgan fingerprint density at radius 2 is 1.79 bits per heavy atom. The van der Waals surface area contributed by atoms with Gasteiger partial charge in [-0.1, -0.05) is 24.3 Å². The average Bonchev–Trinajstić information content (AvgIpc) is 2.60. The highest BCUT2D eigenvalue weighted by Gasteiger charge is 2.07. The lowest BCUT2D eigenvalue weighted by atomic mass is 9.97. The third-order valence-electron chi connectivity index (χ3n) is 3.59. The van der Waals surface area contributed by atoms with Crippen molar-refractivity contribution in [1.29, 1.82) is 0 Å². The molecule has 0 aromatic heterocycles. The molecule has 0 amide bonds. The van der Waals surface area contributed by atoms with E-state index in [1.165, 1.54) is 0 Å². The van der Waals surface area contributed by atoms with Crippen molar-refractivity contribution in [2.24, 2.45) is 0 Å². The molecule has 24 heavy (non-hydrogen) atoms. The number of hydrogen-bond acceptors (Lipinski definition) is 4. The molecule has 0 saturated carbocycles. The summed E-state index contributed by atoms with van der Waals surface area (Å²) in [5.41, 5.74) is 2.74. The second-order valence-electron chi connectivity index (χ2n) is 5.62. The van der Waals surface area contributed by atoms with Gasteiger partial charge in [0.15, 0.2) is 0 Å². The van der Waals surface area contributed by atoms with Gasteiger partial charge in [-0.2, -0.15) is 0 Å². The predicted octanol–water partition coefficient (Wildman–Crippen LogP) is 3.27.